The SMILES string of the molecule is COC[C@@H](C)NC(=O)NC[C@@H](O)c1ccc(OC(F)(F)F)cc1. The quantitative estimate of drug-likeness (QED) is 0.711. The summed E-state index contributed by atoms with van der Waals surface area (Å²) in [6.45, 7) is 2.00. The Hall–Kier alpha value is -2.00. The van der Waals surface area contributed by atoms with Gasteiger partial charge in [-0.05, 0) is 24.6 Å². The molecule has 130 valence electrons. The molecule has 2 atom stereocenters. The van der Waals surface area contributed by atoms with Gasteiger partial charge in [0, 0.05) is 13.7 Å². The maximum absolute atomic E-state index is 12.0. The number of methoxy groups -OCH3 is 1. The Bertz CT molecular complexity index is 494. The molecule has 1 aromatic rings. The molecule has 6 nitrogen and oxygen atoms in total. The van der Waals surface area contributed by atoms with Crippen LogP contribution in [0, 0.1) is 0 Å². The van der Waals surface area contributed by atoms with Crippen molar-refractivity contribution in [2.75, 3.05) is 20.3 Å². The molecule has 2 amide bonds. The van der Waals surface area contributed by atoms with Crippen LogP contribution in [0.4, 0.5) is 18.0 Å². The Morgan fingerprint density at radius 1 is 1.30 bits per heavy atom. The average Bonchev–Trinajstić information content (AvgIpc) is 2.44. The largest absolute Gasteiger partial charge is 0.573 e. The van der Waals surface area contributed by atoms with E-state index in [0.717, 1.165) is 12.1 Å². The molecule has 0 unspecified atom stereocenters. The number of halogens is 3. The first kappa shape index (κ1) is 19.0. The fraction of sp³-hybridized carbons (Fsp3) is 0.500. The Kier molecular flexibility index (Phi) is 7.11. The molecule has 0 saturated heterocycles. The van der Waals surface area contributed by atoms with Gasteiger partial charge in [-0.3, -0.25) is 0 Å². The monoisotopic (exact) mass is 336 g/mol. The number of urea groups is 1. The van der Waals surface area contributed by atoms with Gasteiger partial charge in [0.2, 0.25) is 0 Å². The summed E-state index contributed by atoms with van der Waals surface area (Å²) in [5.74, 6) is -0.382. The van der Waals surface area contributed by atoms with Gasteiger partial charge in [0.25, 0.3) is 0 Å². The van der Waals surface area contributed by atoms with E-state index in [1.165, 1.54) is 19.2 Å². The Balaban J connectivity index is 2.45. The second-order valence-electron chi connectivity index (χ2n) is 4.84. The minimum absolute atomic E-state index is 0.0923. The van der Waals surface area contributed by atoms with Gasteiger partial charge in [-0.2, -0.15) is 0 Å². The lowest BCUT2D eigenvalue weighted by atomic mass is 10.1. The van der Waals surface area contributed by atoms with Gasteiger partial charge in [0.1, 0.15) is 5.75 Å². The zero-order valence-electron chi connectivity index (χ0n) is 12.7. The maximum atomic E-state index is 12.0. The number of alkyl halides is 3. The molecule has 0 radical (unpaired) electrons. The van der Waals surface area contributed by atoms with E-state index in [0.29, 0.717) is 12.2 Å². The summed E-state index contributed by atoms with van der Waals surface area (Å²) in [7, 11) is 1.51. The van der Waals surface area contributed by atoms with Crippen LogP contribution in [-0.4, -0.2) is 43.8 Å². The van der Waals surface area contributed by atoms with Crippen molar-refractivity contribution in [2.45, 2.75) is 25.4 Å². The van der Waals surface area contributed by atoms with E-state index in [4.69, 9.17) is 4.74 Å². The standard InChI is InChI=1S/C14H19F3N2O4/c1-9(8-22-2)19-13(21)18-7-12(20)10-3-5-11(6-4-10)23-14(15,16)17/h3-6,9,12,20H,7-8H2,1-2H3,(H2,18,19,21)/t9-,12-/m1/s1. The van der Waals surface area contributed by atoms with Crippen molar-refractivity contribution in [1.29, 1.82) is 0 Å². The fourth-order valence-electron chi connectivity index (χ4n) is 1.77. The molecule has 9 heteroatoms. The topological polar surface area (TPSA) is 79.8 Å². The number of hydrogen-bond acceptors (Lipinski definition) is 4. The third-order valence-corrected chi connectivity index (χ3v) is 2.75. The van der Waals surface area contributed by atoms with Crippen LogP contribution < -0.4 is 15.4 Å². The number of nitrogens with one attached hydrogen (secondary N) is 2. The third-order valence-electron chi connectivity index (χ3n) is 2.75. The fourth-order valence-corrected chi connectivity index (χ4v) is 1.77. The highest BCUT2D eigenvalue weighted by atomic mass is 19.4. The van der Waals surface area contributed by atoms with Gasteiger partial charge < -0.3 is 25.2 Å². The summed E-state index contributed by atoms with van der Waals surface area (Å²) in [5, 5.41) is 14.9. The van der Waals surface area contributed by atoms with E-state index < -0.39 is 18.5 Å². The summed E-state index contributed by atoms with van der Waals surface area (Å²) in [5.41, 5.74) is 0.352. The zero-order chi connectivity index (χ0) is 17.5. The van der Waals surface area contributed by atoms with Gasteiger partial charge >= 0.3 is 12.4 Å². The lowest BCUT2D eigenvalue weighted by Crippen LogP contribution is -2.43. The molecule has 0 aliphatic carbocycles. The molecule has 0 aliphatic heterocycles. The van der Waals surface area contributed by atoms with Crippen molar-refractivity contribution in [3.8, 4) is 5.75 Å². The van der Waals surface area contributed by atoms with Gasteiger partial charge in [0.05, 0.1) is 18.8 Å². The van der Waals surface area contributed by atoms with E-state index >= 15 is 0 Å². The van der Waals surface area contributed by atoms with Gasteiger partial charge in [-0.15, -0.1) is 13.2 Å². The van der Waals surface area contributed by atoms with Crippen molar-refractivity contribution in [3.63, 3.8) is 0 Å². The van der Waals surface area contributed by atoms with E-state index in [-0.39, 0.29) is 18.3 Å². The summed E-state index contributed by atoms with van der Waals surface area (Å²) in [6.07, 6.45) is -5.82. The highest BCUT2D eigenvalue weighted by Gasteiger charge is 2.31. The van der Waals surface area contributed by atoms with Crippen LogP contribution in [0.5, 0.6) is 5.75 Å². The van der Waals surface area contributed by atoms with Crippen LogP contribution >= 0.6 is 0 Å². The molecule has 23 heavy (non-hydrogen) atoms. The highest BCUT2D eigenvalue weighted by molar-refractivity contribution is 5.74. The molecule has 0 aromatic heterocycles. The number of carbonyl (C=O) groups excluding carboxylic acids is 1. The predicted molar refractivity (Wildman–Crippen MR) is 76.0 cm³/mol. The lowest BCUT2D eigenvalue weighted by molar-refractivity contribution is -0.274. The number of ether oxygens (including phenoxy) is 2. The first-order chi connectivity index (χ1) is 10.7. The molecule has 1 rings (SSSR count). The molecular formula is C14H19F3N2O4. The molecule has 0 heterocycles. The summed E-state index contributed by atoms with van der Waals surface area (Å²) in [4.78, 5) is 11.5. The first-order valence-electron chi connectivity index (χ1n) is 6.78. The number of benzene rings is 1. The van der Waals surface area contributed by atoms with Crippen LogP contribution in [-0.2, 0) is 4.74 Å². The molecule has 3 N–H and O–H groups in total. The molecule has 0 bridgehead atoms. The normalized spacial score (nSPS) is 14.0. The second kappa shape index (κ2) is 8.59. The number of aliphatic hydroxyl groups is 1. The van der Waals surface area contributed by atoms with Crippen molar-refractivity contribution in [3.05, 3.63) is 29.8 Å². The number of amides is 2. The second-order valence-corrected chi connectivity index (χ2v) is 4.84. The van der Waals surface area contributed by atoms with Crippen LogP contribution in [0.1, 0.15) is 18.6 Å². The minimum atomic E-state index is -4.77. The lowest BCUT2D eigenvalue weighted by Gasteiger charge is -2.16. The Morgan fingerprint density at radius 3 is 2.43 bits per heavy atom. The van der Waals surface area contributed by atoms with E-state index in [1.807, 2.05) is 0 Å². The van der Waals surface area contributed by atoms with E-state index in [1.54, 1.807) is 6.92 Å². The number of hydrogen-bond donors (Lipinski definition) is 3. The number of carbonyl (C=O) groups is 1. The zero-order valence-corrected chi connectivity index (χ0v) is 12.7. The Labute approximate surface area is 131 Å². The molecular weight excluding hydrogens is 317 g/mol. The van der Waals surface area contributed by atoms with Crippen LogP contribution in [0.3, 0.4) is 0 Å². The van der Waals surface area contributed by atoms with Crippen LogP contribution in [0.15, 0.2) is 24.3 Å². The maximum Gasteiger partial charge on any atom is 0.573 e. The molecule has 1 aromatic carbocycles. The summed E-state index contributed by atoms with van der Waals surface area (Å²) >= 11 is 0. The van der Waals surface area contributed by atoms with Crippen LogP contribution in [0.25, 0.3) is 0 Å². The van der Waals surface area contributed by atoms with E-state index in [2.05, 4.69) is 15.4 Å². The van der Waals surface area contributed by atoms with Crippen LogP contribution in [0.2, 0.25) is 0 Å². The molecule has 0 aliphatic rings. The van der Waals surface area contributed by atoms with E-state index in [9.17, 15) is 23.1 Å². The first-order valence-corrected chi connectivity index (χ1v) is 6.78. The summed E-state index contributed by atoms with van der Waals surface area (Å²) in [6, 6.07) is 4.08. The predicted octanol–water partition coefficient (Wildman–Crippen LogP) is 1.95. The molecule has 0 fully saturated rings. The van der Waals surface area contributed by atoms with Gasteiger partial charge in [-0.1, -0.05) is 12.1 Å². The minimum Gasteiger partial charge on any atom is -0.406 e. The molecule has 0 saturated carbocycles. The van der Waals surface area contributed by atoms with Crippen molar-refractivity contribution in [1.82, 2.24) is 10.6 Å². The summed E-state index contributed by atoms with van der Waals surface area (Å²) < 4.78 is 44.7. The smallest absolute Gasteiger partial charge is 0.406 e. The molecule has 0 spiro atoms. The van der Waals surface area contributed by atoms with Gasteiger partial charge in [-0.25, -0.2) is 4.79 Å². The van der Waals surface area contributed by atoms with Crippen molar-refractivity contribution < 1.29 is 32.5 Å². The highest BCUT2D eigenvalue weighted by Crippen LogP contribution is 2.24. The van der Waals surface area contributed by atoms with Crippen molar-refractivity contribution >= 4 is 6.03 Å². The number of aliphatic hydroxyl groups excluding tert-OH is 1. The number of rotatable bonds is 7. The van der Waals surface area contributed by atoms with Gasteiger partial charge in [0.15, 0.2) is 0 Å². The van der Waals surface area contributed by atoms with Crippen molar-refractivity contribution in [2.24, 2.45) is 0 Å². The average molecular weight is 336 g/mol. The third kappa shape index (κ3) is 7.71. The Morgan fingerprint density at radius 2 is 1.91 bits per heavy atom.